The lowest BCUT2D eigenvalue weighted by molar-refractivity contribution is -0.142. The van der Waals surface area contributed by atoms with E-state index in [0.717, 1.165) is 4.47 Å². The molecule has 6 nitrogen and oxygen atoms in total. The minimum absolute atomic E-state index is 0.00898. The van der Waals surface area contributed by atoms with Crippen LogP contribution in [0.2, 0.25) is 0 Å². The highest BCUT2D eigenvalue weighted by molar-refractivity contribution is 9.10. The molecule has 0 saturated heterocycles. The molecule has 0 unspecified atom stereocenters. The number of aliphatic carboxylic acids is 1. The second-order valence-corrected chi connectivity index (χ2v) is 6.64. The molecule has 130 valence electrons. The summed E-state index contributed by atoms with van der Waals surface area (Å²) in [4.78, 5) is 23.2. The monoisotopic (exact) mass is 396 g/mol. The number of hydrogen-bond acceptors (Lipinski definition) is 3. The van der Waals surface area contributed by atoms with Crippen LogP contribution in [0.3, 0.4) is 0 Å². The number of hydrogen-bond donors (Lipinski definition) is 3. The van der Waals surface area contributed by atoms with Gasteiger partial charge < -0.3 is 20.5 Å². The number of urea groups is 1. The van der Waals surface area contributed by atoms with Crippen molar-refractivity contribution < 1.29 is 19.4 Å². The number of rotatable bonds is 6. The molecule has 1 aliphatic rings. The van der Waals surface area contributed by atoms with Gasteiger partial charge in [-0.3, -0.25) is 4.79 Å². The largest absolute Gasteiger partial charge is 0.487 e. The number of amides is 2. The van der Waals surface area contributed by atoms with Crippen molar-refractivity contribution >= 4 is 33.6 Å². The maximum atomic E-state index is 12.2. The van der Waals surface area contributed by atoms with E-state index in [2.05, 4.69) is 33.1 Å². The third-order valence-corrected chi connectivity index (χ3v) is 4.45. The van der Waals surface area contributed by atoms with E-state index in [1.54, 1.807) is 18.2 Å². The fraction of sp³-hybridized carbons (Fsp3) is 0.412. The summed E-state index contributed by atoms with van der Waals surface area (Å²) in [6, 6.07) is 5.02. The van der Waals surface area contributed by atoms with Gasteiger partial charge in [0.05, 0.1) is 11.6 Å². The van der Waals surface area contributed by atoms with Gasteiger partial charge in [0, 0.05) is 10.5 Å². The van der Waals surface area contributed by atoms with Gasteiger partial charge in [0.15, 0.2) is 0 Å². The van der Waals surface area contributed by atoms with Crippen molar-refractivity contribution in [2.45, 2.75) is 31.7 Å². The number of benzene rings is 1. The van der Waals surface area contributed by atoms with Gasteiger partial charge in [-0.2, -0.15) is 0 Å². The molecule has 1 saturated carbocycles. The number of ether oxygens (including phenoxy) is 1. The van der Waals surface area contributed by atoms with Gasteiger partial charge in [-0.15, -0.1) is 0 Å². The lowest BCUT2D eigenvalue weighted by Gasteiger charge is -2.27. The summed E-state index contributed by atoms with van der Waals surface area (Å²) < 4.78 is 6.35. The Balaban J connectivity index is 1.91. The molecular weight excluding hydrogens is 376 g/mol. The minimum atomic E-state index is -0.754. The van der Waals surface area contributed by atoms with Crippen molar-refractivity contribution in [1.29, 1.82) is 0 Å². The van der Waals surface area contributed by atoms with Crippen LogP contribution >= 0.6 is 15.9 Å². The van der Waals surface area contributed by atoms with E-state index in [4.69, 9.17) is 9.84 Å². The van der Waals surface area contributed by atoms with Crippen molar-refractivity contribution in [3.8, 4) is 5.75 Å². The first-order chi connectivity index (χ1) is 11.5. The molecule has 0 radical (unpaired) electrons. The molecule has 24 heavy (non-hydrogen) atoms. The first-order valence-corrected chi connectivity index (χ1v) is 8.62. The average molecular weight is 397 g/mol. The van der Waals surface area contributed by atoms with E-state index < -0.39 is 5.97 Å². The number of carboxylic acids is 1. The Bertz CT molecular complexity index is 613. The number of nitrogens with one attached hydrogen (secondary N) is 2. The standard InChI is InChI=1S/C17H21BrN2O4/c1-2-9-24-15-8-5-12(18)10-14(15)20-17(23)19-13-6-3-11(4-7-13)16(21)22/h2,5,8,10-11,13H,1,3-4,6-7,9H2,(H,21,22)(H2,19,20,23). The van der Waals surface area contributed by atoms with Gasteiger partial charge >= 0.3 is 12.0 Å². The fourth-order valence-electron chi connectivity index (χ4n) is 2.70. The number of anilines is 1. The summed E-state index contributed by atoms with van der Waals surface area (Å²) in [5.74, 6) is -0.492. The highest BCUT2D eigenvalue weighted by atomic mass is 79.9. The Morgan fingerprint density at radius 2 is 2.04 bits per heavy atom. The molecule has 7 heteroatoms. The Labute approximate surface area is 149 Å². The van der Waals surface area contributed by atoms with Crippen molar-refractivity contribution in [1.82, 2.24) is 5.32 Å². The maximum absolute atomic E-state index is 12.2. The van der Waals surface area contributed by atoms with Crippen LogP contribution in [0, 0.1) is 5.92 Å². The number of carbonyl (C=O) groups excluding carboxylic acids is 1. The molecule has 0 spiro atoms. The van der Waals surface area contributed by atoms with Crippen LogP contribution in [0.25, 0.3) is 0 Å². The Kier molecular flexibility index (Phi) is 6.66. The molecule has 0 aromatic heterocycles. The van der Waals surface area contributed by atoms with Crippen LogP contribution < -0.4 is 15.4 Å². The summed E-state index contributed by atoms with van der Waals surface area (Å²) in [5, 5.41) is 14.7. The van der Waals surface area contributed by atoms with Gasteiger partial charge in [0.1, 0.15) is 12.4 Å². The quantitative estimate of drug-likeness (QED) is 0.638. The number of carboxylic acid groups (broad SMARTS) is 1. The first kappa shape index (κ1) is 18.3. The van der Waals surface area contributed by atoms with E-state index >= 15 is 0 Å². The SMILES string of the molecule is C=CCOc1ccc(Br)cc1NC(=O)NC1CCC(C(=O)O)CC1. The topological polar surface area (TPSA) is 87.7 Å². The van der Waals surface area contributed by atoms with E-state index in [9.17, 15) is 9.59 Å². The average Bonchev–Trinajstić information content (AvgIpc) is 2.54. The van der Waals surface area contributed by atoms with Crippen LogP contribution in [0.1, 0.15) is 25.7 Å². The van der Waals surface area contributed by atoms with E-state index in [1.807, 2.05) is 6.07 Å². The van der Waals surface area contributed by atoms with Crippen LogP contribution in [0.5, 0.6) is 5.75 Å². The van der Waals surface area contributed by atoms with Crippen molar-refractivity contribution in [3.63, 3.8) is 0 Å². The lowest BCUT2D eigenvalue weighted by Crippen LogP contribution is -2.41. The normalized spacial score (nSPS) is 20.0. The molecule has 0 heterocycles. The van der Waals surface area contributed by atoms with Crippen molar-refractivity contribution in [3.05, 3.63) is 35.3 Å². The van der Waals surface area contributed by atoms with E-state index in [-0.39, 0.29) is 18.0 Å². The Morgan fingerprint density at radius 3 is 2.67 bits per heavy atom. The van der Waals surface area contributed by atoms with Gasteiger partial charge in [-0.05, 0) is 43.9 Å². The molecular formula is C17H21BrN2O4. The highest BCUT2D eigenvalue weighted by Gasteiger charge is 2.26. The molecule has 2 amide bonds. The van der Waals surface area contributed by atoms with Crippen molar-refractivity contribution in [2.24, 2.45) is 5.92 Å². The Morgan fingerprint density at radius 1 is 1.33 bits per heavy atom. The molecule has 0 bridgehead atoms. The Hall–Kier alpha value is -2.02. The molecule has 1 aromatic carbocycles. The summed E-state index contributed by atoms with van der Waals surface area (Å²) in [5.41, 5.74) is 0.558. The first-order valence-electron chi connectivity index (χ1n) is 7.83. The lowest BCUT2D eigenvalue weighted by atomic mass is 9.86. The number of carbonyl (C=O) groups is 2. The van der Waals surface area contributed by atoms with Gasteiger partial charge in [-0.25, -0.2) is 4.79 Å². The summed E-state index contributed by atoms with van der Waals surface area (Å²) in [7, 11) is 0. The maximum Gasteiger partial charge on any atom is 0.319 e. The second kappa shape index (κ2) is 8.73. The zero-order valence-corrected chi connectivity index (χ0v) is 14.8. The molecule has 1 aliphatic carbocycles. The zero-order chi connectivity index (χ0) is 17.5. The molecule has 0 atom stereocenters. The smallest absolute Gasteiger partial charge is 0.319 e. The summed E-state index contributed by atoms with van der Waals surface area (Å²) in [6.07, 6.45) is 4.15. The van der Waals surface area contributed by atoms with Crippen LogP contribution in [-0.2, 0) is 4.79 Å². The van der Waals surface area contributed by atoms with Crippen LogP contribution in [-0.4, -0.2) is 29.8 Å². The third-order valence-electron chi connectivity index (χ3n) is 3.96. The highest BCUT2D eigenvalue weighted by Crippen LogP contribution is 2.29. The second-order valence-electron chi connectivity index (χ2n) is 5.73. The predicted octanol–water partition coefficient (Wildman–Crippen LogP) is 3.78. The van der Waals surface area contributed by atoms with E-state index in [1.165, 1.54) is 0 Å². The van der Waals surface area contributed by atoms with Crippen LogP contribution in [0.4, 0.5) is 10.5 Å². The summed E-state index contributed by atoms with van der Waals surface area (Å²) in [6.45, 7) is 3.95. The molecule has 3 N–H and O–H groups in total. The summed E-state index contributed by atoms with van der Waals surface area (Å²) >= 11 is 3.37. The van der Waals surface area contributed by atoms with Crippen molar-refractivity contribution in [2.75, 3.05) is 11.9 Å². The number of halogens is 1. The van der Waals surface area contributed by atoms with Gasteiger partial charge in [0.25, 0.3) is 0 Å². The zero-order valence-electron chi connectivity index (χ0n) is 13.3. The molecule has 0 aliphatic heterocycles. The predicted molar refractivity (Wildman–Crippen MR) is 95.4 cm³/mol. The third kappa shape index (κ3) is 5.26. The fourth-order valence-corrected chi connectivity index (χ4v) is 3.06. The van der Waals surface area contributed by atoms with Gasteiger partial charge in [0.2, 0.25) is 0 Å². The molecule has 1 aromatic rings. The molecule has 1 fully saturated rings. The minimum Gasteiger partial charge on any atom is -0.487 e. The van der Waals surface area contributed by atoms with Gasteiger partial charge in [-0.1, -0.05) is 28.6 Å². The van der Waals surface area contributed by atoms with E-state index in [0.29, 0.717) is 43.7 Å². The molecule has 2 rings (SSSR count). The van der Waals surface area contributed by atoms with Crippen LogP contribution in [0.15, 0.2) is 35.3 Å².